The number of H-pyrrole nitrogens is 1. The Morgan fingerprint density at radius 1 is 0.862 bits per heavy atom. The summed E-state index contributed by atoms with van der Waals surface area (Å²) in [5.41, 5.74) is 8.94. The van der Waals surface area contributed by atoms with Gasteiger partial charge in [-0.1, -0.05) is 90.5 Å². The monoisotopic (exact) mass is 379 g/mol. The molecule has 0 aliphatic carbocycles. The number of rotatable bonds is 5. The molecule has 0 aliphatic rings. The van der Waals surface area contributed by atoms with Gasteiger partial charge in [-0.2, -0.15) is 5.10 Å². The summed E-state index contributed by atoms with van der Waals surface area (Å²) >= 11 is 0. The van der Waals surface area contributed by atoms with E-state index in [1.54, 1.807) is 6.21 Å². The van der Waals surface area contributed by atoms with Crippen LogP contribution in [0, 0.1) is 6.92 Å². The molecule has 142 valence electrons. The highest BCUT2D eigenvalue weighted by Gasteiger charge is 2.17. The average Bonchev–Trinajstić information content (AvgIpc) is 3.22. The Kier molecular flexibility index (Phi) is 5.34. The molecule has 0 aliphatic heterocycles. The Balaban J connectivity index is 1.63. The van der Waals surface area contributed by atoms with Crippen LogP contribution in [0.25, 0.3) is 22.4 Å². The van der Waals surface area contributed by atoms with Gasteiger partial charge in [0.05, 0.1) is 6.21 Å². The number of aromatic amines is 1. The van der Waals surface area contributed by atoms with Crippen molar-refractivity contribution in [1.29, 1.82) is 0 Å². The highest BCUT2D eigenvalue weighted by Crippen LogP contribution is 2.29. The zero-order valence-electron chi connectivity index (χ0n) is 16.1. The Labute approximate surface area is 169 Å². The number of hydrazone groups is 1. The number of hydrogen-bond acceptors (Lipinski definition) is 2. The van der Waals surface area contributed by atoms with E-state index in [1.807, 2.05) is 97.9 Å². The molecule has 0 unspecified atom stereocenters. The molecule has 4 nitrogen and oxygen atoms in total. The molecule has 0 saturated carbocycles. The number of nitrogens with zero attached hydrogens (tertiary/aromatic N) is 1. The number of benzene rings is 3. The standard InChI is InChI=1S/C25H21N3O/c1-18-12-14-19(15-13-18)17-26-28-25(29)24-22(20-8-4-2-5-9-20)16-23(27-24)21-10-6-3-7-11-21/h2-17,27H,1H3,(H,28,29)/b26-17+. The molecule has 0 atom stereocenters. The van der Waals surface area contributed by atoms with Crippen LogP contribution >= 0.6 is 0 Å². The van der Waals surface area contributed by atoms with E-state index in [2.05, 4.69) is 15.5 Å². The lowest BCUT2D eigenvalue weighted by molar-refractivity contribution is 0.0951. The van der Waals surface area contributed by atoms with Crippen LogP contribution < -0.4 is 5.43 Å². The second-order valence-electron chi connectivity index (χ2n) is 6.81. The van der Waals surface area contributed by atoms with Crippen molar-refractivity contribution in [1.82, 2.24) is 10.4 Å². The molecule has 0 fully saturated rings. The summed E-state index contributed by atoms with van der Waals surface area (Å²) in [6.45, 7) is 2.03. The van der Waals surface area contributed by atoms with E-state index in [4.69, 9.17) is 0 Å². The van der Waals surface area contributed by atoms with Gasteiger partial charge < -0.3 is 4.98 Å². The van der Waals surface area contributed by atoms with Crippen molar-refractivity contribution < 1.29 is 4.79 Å². The second kappa shape index (κ2) is 8.40. The quantitative estimate of drug-likeness (QED) is 0.353. The van der Waals surface area contributed by atoms with E-state index in [-0.39, 0.29) is 5.91 Å². The van der Waals surface area contributed by atoms with E-state index in [9.17, 15) is 4.79 Å². The summed E-state index contributed by atoms with van der Waals surface area (Å²) in [7, 11) is 0. The number of amides is 1. The Morgan fingerprint density at radius 2 is 1.48 bits per heavy atom. The summed E-state index contributed by atoms with van der Waals surface area (Å²) in [4.78, 5) is 16.1. The Morgan fingerprint density at radius 3 is 2.14 bits per heavy atom. The molecule has 4 heteroatoms. The predicted octanol–water partition coefficient (Wildman–Crippen LogP) is 5.42. The van der Waals surface area contributed by atoms with E-state index in [1.165, 1.54) is 5.56 Å². The molecule has 29 heavy (non-hydrogen) atoms. The van der Waals surface area contributed by atoms with Crippen LogP contribution in [0.2, 0.25) is 0 Å². The first kappa shape index (κ1) is 18.4. The van der Waals surface area contributed by atoms with Gasteiger partial charge in [0.25, 0.3) is 5.91 Å². The van der Waals surface area contributed by atoms with Crippen molar-refractivity contribution in [3.05, 3.63) is 108 Å². The summed E-state index contributed by atoms with van der Waals surface area (Å²) < 4.78 is 0. The minimum absolute atomic E-state index is 0.283. The first-order valence-corrected chi connectivity index (χ1v) is 9.44. The van der Waals surface area contributed by atoms with Gasteiger partial charge in [0.1, 0.15) is 5.69 Å². The minimum atomic E-state index is -0.283. The average molecular weight is 379 g/mol. The van der Waals surface area contributed by atoms with Gasteiger partial charge >= 0.3 is 0 Å². The highest BCUT2D eigenvalue weighted by molar-refractivity contribution is 6.01. The summed E-state index contributed by atoms with van der Waals surface area (Å²) in [5.74, 6) is -0.283. The lowest BCUT2D eigenvalue weighted by Crippen LogP contribution is -2.18. The van der Waals surface area contributed by atoms with Crippen LogP contribution in [-0.2, 0) is 0 Å². The third-order valence-electron chi connectivity index (χ3n) is 4.67. The zero-order chi connectivity index (χ0) is 20.1. The minimum Gasteiger partial charge on any atom is -0.350 e. The first-order chi connectivity index (χ1) is 14.2. The number of aromatic nitrogens is 1. The lowest BCUT2D eigenvalue weighted by atomic mass is 10.0. The van der Waals surface area contributed by atoms with Crippen molar-refractivity contribution in [2.75, 3.05) is 0 Å². The van der Waals surface area contributed by atoms with Crippen LogP contribution in [0.1, 0.15) is 21.6 Å². The topological polar surface area (TPSA) is 57.2 Å². The van der Waals surface area contributed by atoms with Crippen molar-refractivity contribution in [3.8, 4) is 22.4 Å². The van der Waals surface area contributed by atoms with Crippen LogP contribution in [-0.4, -0.2) is 17.1 Å². The van der Waals surface area contributed by atoms with E-state index in [0.717, 1.165) is 27.9 Å². The molecule has 0 radical (unpaired) electrons. The smallest absolute Gasteiger partial charge is 0.288 e. The van der Waals surface area contributed by atoms with E-state index in [0.29, 0.717) is 5.69 Å². The van der Waals surface area contributed by atoms with Crippen LogP contribution in [0.5, 0.6) is 0 Å². The predicted molar refractivity (Wildman–Crippen MR) is 118 cm³/mol. The maximum atomic E-state index is 12.9. The number of aryl methyl sites for hydroxylation is 1. The maximum Gasteiger partial charge on any atom is 0.288 e. The van der Waals surface area contributed by atoms with Crippen molar-refractivity contribution in [2.45, 2.75) is 6.92 Å². The Bertz CT molecular complexity index is 1130. The van der Waals surface area contributed by atoms with Gasteiger partial charge in [-0.15, -0.1) is 0 Å². The number of hydrogen-bond donors (Lipinski definition) is 2. The highest BCUT2D eigenvalue weighted by atomic mass is 16.2. The van der Waals surface area contributed by atoms with Gasteiger partial charge in [0.2, 0.25) is 0 Å². The molecule has 3 aromatic carbocycles. The number of nitrogens with one attached hydrogen (secondary N) is 2. The van der Waals surface area contributed by atoms with Crippen LogP contribution in [0.3, 0.4) is 0 Å². The molecule has 4 rings (SSSR count). The van der Waals surface area contributed by atoms with Crippen LogP contribution in [0.15, 0.2) is 96.1 Å². The molecule has 2 N–H and O–H groups in total. The fraction of sp³-hybridized carbons (Fsp3) is 0.0400. The SMILES string of the molecule is Cc1ccc(/C=N/NC(=O)c2[nH]c(-c3ccccc3)cc2-c2ccccc2)cc1. The fourth-order valence-electron chi connectivity index (χ4n) is 3.13. The largest absolute Gasteiger partial charge is 0.350 e. The van der Waals surface area contributed by atoms with Crippen molar-refractivity contribution >= 4 is 12.1 Å². The molecule has 0 saturated heterocycles. The lowest BCUT2D eigenvalue weighted by Gasteiger charge is -2.03. The number of carbonyl (C=O) groups is 1. The summed E-state index contributed by atoms with van der Waals surface area (Å²) in [6.07, 6.45) is 1.64. The normalized spacial score (nSPS) is 10.9. The third kappa shape index (κ3) is 4.33. The molecule has 0 bridgehead atoms. The number of carbonyl (C=O) groups excluding carboxylic acids is 1. The van der Waals surface area contributed by atoms with Crippen molar-refractivity contribution in [3.63, 3.8) is 0 Å². The third-order valence-corrected chi connectivity index (χ3v) is 4.67. The molecular formula is C25H21N3O. The molecular weight excluding hydrogens is 358 g/mol. The maximum absolute atomic E-state index is 12.9. The molecule has 1 heterocycles. The van der Waals surface area contributed by atoms with Crippen molar-refractivity contribution in [2.24, 2.45) is 5.10 Å². The summed E-state index contributed by atoms with van der Waals surface area (Å²) in [6, 6.07) is 29.7. The molecule has 1 amide bonds. The van der Waals surface area contributed by atoms with Gasteiger partial charge in [0, 0.05) is 11.3 Å². The van der Waals surface area contributed by atoms with E-state index < -0.39 is 0 Å². The summed E-state index contributed by atoms with van der Waals surface area (Å²) in [5, 5.41) is 4.12. The zero-order valence-corrected chi connectivity index (χ0v) is 16.1. The molecule has 4 aromatic rings. The Hall–Kier alpha value is -3.92. The van der Waals surface area contributed by atoms with E-state index >= 15 is 0 Å². The molecule has 0 spiro atoms. The second-order valence-corrected chi connectivity index (χ2v) is 6.81. The van der Waals surface area contributed by atoms with Gasteiger partial charge in [-0.25, -0.2) is 5.43 Å². The first-order valence-electron chi connectivity index (χ1n) is 9.44. The van der Waals surface area contributed by atoms with Gasteiger partial charge in [-0.3, -0.25) is 4.79 Å². The van der Waals surface area contributed by atoms with Crippen LogP contribution in [0.4, 0.5) is 0 Å². The molecule has 1 aromatic heterocycles. The van der Waals surface area contributed by atoms with Gasteiger partial charge in [0.15, 0.2) is 0 Å². The van der Waals surface area contributed by atoms with Gasteiger partial charge in [-0.05, 0) is 29.7 Å². The fourth-order valence-corrected chi connectivity index (χ4v) is 3.13.